The Morgan fingerprint density at radius 1 is 1.00 bits per heavy atom. The van der Waals surface area contributed by atoms with Crippen molar-refractivity contribution in [2.75, 3.05) is 13.1 Å². The lowest BCUT2D eigenvalue weighted by atomic mass is 10.4. The molecule has 0 atom stereocenters. The molecule has 0 unspecified atom stereocenters. The minimum absolute atomic E-state index is 0.00614. The quantitative estimate of drug-likeness (QED) is 0.725. The molecule has 0 spiro atoms. The first-order chi connectivity index (χ1) is 12.2. The third-order valence-electron chi connectivity index (χ3n) is 3.93. The molecule has 3 rings (SSSR count). The molecule has 1 N–H and O–H groups in total. The Bertz CT molecular complexity index is 1010. The molecule has 11 heteroatoms. The Kier molecular flexibility index (Phi) is 5.98. The van der Waals surface area contributed by atoms with E-state index in [2.05, 4.69) is 4.72 Å². The summed E-state index contributed by atoms with van der Waals surface area (Å²) < 4.78 is 53.8. The summed E-state index contributed by atoms with van der Waals surface area (Å²) in [5.41, 5.74) is 0. The zero-order valence-corrected chi connectivity index (χ0v) is 17.4. The molecule has 1 saturated heterocycles. The Balaban J connectivity index is 1.72. The summed E-state index contributed by atoms with van der Waals surface area (Å²) in [7, 11) is -7.28. The van der Waals surface area contributed by atoms with E-state index in [9.17, 15) is 16.8 Å². The maximum absolute atomic E-state index is 12.5. The predicted octanol–water partition coefficient (Wildman–Crippen LogP) is 3.32. The molecule has 0 bridgehead atoms. The first-order valence-electron chi connectivity index (χ1n) is 7.74. The van der Waals surface area contributed by atoms with Gasteiger partial charge in [-0.15, -0.1) is 11.3 Å². The number of benzene rings is 1. The monoisotopic (exact) mass is 454 g/mol. The standard InChI is InChI=1S/C15H16Cl2N2O4S3/c16-13-5-4-12(9-14(13)17)25(20,21)18-10-11-3-6-15(24-11)26(22,23)19-7-1-2-8-19/h3-6,9,18H,1-2,7-8,10H2. The van der Waals surface area contributed by atoms with E-state index < -0.39 is 20.0 Å². The van der Waals surface area contributed by atoms with E-state index >= 15 is 0 Å². The molecule has 0 radical (unpaired) electrons. The van der Waals surface area contributed by atoms with Crippen LogP contribution in [0.2, 0.25) is 10.0 Å². The number of sulfonamides is 2. The van der Waals surface area contributed by atoms with Crippen molar-refractivity contribution in [2.24, 2.45) is 0 Å². The van der Waals surface area contributed by atoms with Gasteiger partial charge < -0.3 is 0 Å². The van der Waals surface area contributed by atoms with Crippen LogP contribution in [-0.2, 0) is 26.6 Å². The molecular formula is C15H16Cl2N2O4S3. The van der Waals surface area contributed by atoms with E-state index in [4.69, 9.17) is 23.2 Å². The lowest BCUT2D eigenvalue weighted by molar-refractivity contribution is 0.479. The average molecular weight is 455 g/mol. The molecule has 1 aromatic carbocycles. The van der Waals surface area contributed by atoms with Gasteiger partial charge in [0.25, 0.3) is 10.0 Å². The van der Waals surface area contributed by atoms with Gasteiger partial charge in [0.15, 0.2) is 0 Å². The summed E-state index contributed by atoms with van der Waals surface area (Å²) in [5.74, 6) is 0. The van der Waals surface area contributed by atoms with Gasteiger partial charge in [0.2, 0.25) is 10.0 Å². The molecule has 1 aliphatic heterocycles. The van der Waals surface area contributed by atoms with Crippen molar-refractivity contribution in [3.05, 3.63) is 45.3 Å². The van der Waals surface area contributed by atoms with Crippen LogP contribution < -0.4 is 4.72 Å². The number of halogens is 2. The molecule has 26 heavy (non-hydrogen) atoms. The fourth-order valence-corrected chi connectivity index (χ4v) is 6.99. The highest BCUT2D eigenvalue weighted by molar-refractivity contribution is 7.91. The van der Waals surface area contributed by atoms with Crippen LogP contribution in [0.1, 0.15) is 17.7 Å². The predicted molar refractivity (Wildman–Crippen MR) is 103 cm³/mol. The van der Waals surface area contributed by atoms with Crippen LogP contribution in [0.25, 0.3) is 0 Å². The van der Waals surface area contributed by atoms with Gasteiger partial charge >= 0.3 is 0 Å². The summed E-state index contributed by atoms with van der Waals surface area (Å²) in [5, 5.41) is 0.408. The van der Waals surface area contributed by atoms with Crippen LogP contribution in [0.15, 0.2) is 39.4 Å². The van der Waals surface area contributed by atoms with E-state index in [-0.39, 0.29) is 25.7 Å². The minimum Gasteiger partial charge on any atom is -0.207 e. The molecule has 0 aliphatic carbocycles. The van der Waals surface area contributed by atoms with E-state index in [1.54, 1.807) is 6.07 Å². The molecule has 2 aromatic rings. The van der Waals surface area contributed by atoms with Gasteiger partial charge in [0.05, 0.1) is 14.9 Å². The van der Waals surface area contributed by atoms with Crippen molar-refractivity contribution in [1.29, 1.82) is 0 Å². The Labute approximate surface area is 166 Å². The largest absolute Gasteiger partial charge is 0.252 e. The van der Waals surface area contributed by atoms with E-state index in [0.29, 0.717) is 18.0 Å². The van der Waals surface area contributed by atoms with E-state index in [1.165, 1.54) is 28.6 Å². The average Bonchev–Trinajstić information content (AvgIpc) is 3.27. The second kappa shape index (κ2) is 7.75. The smallest absolute Gasteiger partial charge is 0.207 e. The minimum atomic E-state index is -3.79. The highest BCUT2D eigenvalue weighted by Crippen LogP contribution is 2.28. The summed E-state index contributed by atoms with van der Waals surface area (Å²) in [6.07, 6.45) is 1.72. The summed E-state index contributed by atoms with van der Waals surface area (Å²) in [4.78, 5) is 0.597. The molecule has 0 amide bonds. The van der Waals surface area contributed by atoms with Crippen LogP contribution in [0.5, 0.6) is 0 Å². The summed E-state index contributed by atoms with van der Waals surface area (Å²) in [6, 6.07) is 7.16. The first-order valence-corrected chi connectivity index (χ1v) is 12.2. The fraction of sp³-hybridized carbons (Fsp3) is 0.333. The van der Waals surface area contributed by atoms with Gasteiger partial charge in [-0.05, 0) is 43.2 Å². The lowest BCUT2D eigenvalue weighted by Crippen LogP contribution is -2.27. The van der Waals surface area contributed by atoms with Crippen LogP contribution in [0.3, 0.4) is 0 Å². The first kappa shape index (κ1) is 20.1. The zero-order chi connectivity index (χ0) is 18.9. The second-order valence-corrected chi connectivity index (χ2v) is 11.6. The Morgan fingerprint density at radius 3 is 2.35 bits per heavy atom. The highest BCUT2D eigenvalue weighted by atomic mass is 35.5. The third kappa shape index (κ3) is 4.24. The Hall–Kier alpha value is -0.680. The number of nitrogens with zero attached hydrogens (tertiary/aromatic N) is 1. The maximum atomic E-state index is 12.5. The number of thiophene rings is 1. The summed E-state index contributed by atoms with van der Waals surface area (Å²) in [6.45, 7) is 1.04. The third-order valence-corrected chi connectivity index (χ3v) is 9.52. The van der Waals surface area contributed by atoms with Crippen LogP contribution in [0, 0.1) is 0 Å². The molecule has 6 nitrogen and oxygen atoms in total. The van der Waals surface area contributed by atoms with Crippen molar-refractivity contribution >= 4 is 54.6 Å². The van der Waals surface area contributed by atoms with Gasteiger partial charge in [0.1, 0.15) is 4.21 Å². The van der Waals surface area contributed by atoms with Gasteiger partial charge in [0, 0.05) is 24.5 Å². The Morgan fingerprint density at radius 2 is 1.69 bits per heavy atom. The van der Waals surface area contributed by atoms with Crippen LogP contribution in [-0.4, -0.2) is 34.2 Å². The van der Waals surface area contributed by atoms with Crippen LogP contribution in [0.4, 0.5) is 0 Å². The van der Waals surface area contributed by atoms with Crippen molar-refractivity contribution < 1.29 is 16.8 Å². The number of nitrogens with one attached hydrogen (secondary N) is 1. The van der Waals surface area contributed by atoms with E-state index in [1.807, 2.05) is 0 Å². The molecule has 0 saturated carbocycles. The van der Waals surface area contributed by atoms with Gasteiger partial charge in [-0.2, -0.15) is 4.31 Å². The fourth-order valence-electron chi connectivity index (χ4n) is 2.54. The number of rotatable bonds is 6. The molecule has 142 valence electrons. The molecular weight excluding hydrogens is 439 g/mol. The second-order valence-electron chi connectivity index (χ2n) is 5.73. The molecule has 1 fully saturated rings. The highest BCUT2D eigenvalue weighted by Gasteiger charge is 2.28. The van der Waals surface area contributed by atoms with Crippen molar-refractivity contribution in [2.45, 2.75) is 28.5 Å². The number of hydrogen-bond donors (Lipinski definition) is 1. The lowest BCUT2D eigenvalue weighted by Gasteiger charge is -2.13. The summed E-state index contributed by atoms with van der Waals surface area (Å²) >= 11 is 12.7. The van der Waals surface area contributed by atoms with Crippen molar-refractivity contribution in [3.8, 4) is 0 Å². The van der Waals surface area contributed by atoms with Gasteiger partial charge in [-0.25, -0.2) is 21.6 Å². The SMILES string of the molecule is O=S(=O)(NCc1ccc(S(=O)(=O)N2CCCC2)s1)c1ccc(Cl)c(Cl)c1. The molecule has 2 heterocycles. The number of hydrogen-bond acceptors (Lipinski definition) is 5. The normalized spacial score (nSPS) is 16.2. The van der Waals surface area contributed by atoms with Gasteiger partial charge in [-0.1, -0.05) is 23.2 Å². The molecule has 1 aromatic heterocycles. The van der Waals surface area contributed by atoms with Crippen molar-refractivity contribution in [3.63, 3.8) is 0 Å². The maximum Gasteiger partial charge on any atom is 0.252 e. The molecule has 1 aliphatic rings. The van der Waals surface area contributed by atoms with Crippen molar-refractivity contribution in [1.82, 2.24) is 9.03 Å². The van der Waals surface area contributed by atoms with Crippen LogP contribution >= 0.6 is 34.5 Å². The van der Waals surface area contributed by atoms with E-state index in [0.717, 1.165) is 24.2 Å². The zero-order valence-electron chi connectivity index (χ0n) is 13.5. The van der Waals surface area contributed by atoms with Gasteiger partial charge in [-0.3, -0.25) is 0 Å². The topological polar surface area (TPSA) is 83.5 Å².